The average Bonchev–Trinajstić information content (AvgIpc) is 2.04. The molecular weight excluding hydrogens is 202 g/mol. The summed E-state index contributed by atoms with van der Waals surface area (Å²) < 4.78 is 0. The number of aliphatic carboxylic acids is 1. The number of nitrogens with zero attached hydrogens (tertiary/aromatic N) is 1. The molecule has 0 heterocycles. The summed E-state index contributed by atoms with van der Waals surface area (Å²) >= 11 is 0. The number of halogens is 1. The monoisotopic (exact) mass is 219 g/mol. The van der Waals surface area contributed by atoms with Gasteiger partial charge in [0.05, 0.1) is 0 Å². The number of carboxylic acid groups (broad SMARTS) is 1. The summed E-state index contributed by atoms with van der Waals surface area (Å²) in [5.74, 6) is -0.739. The average molecular weight is 220 g/mol. The number of carboxylic acids is 1. The SMILES string of the molecule is C=CCN(CC=C)CCCC(=O)O.Cl. The number of hydrogen-bond acceptors (Lipinski definition) is 2. The molecule has 4 heteroatoms. The molecule has 0 atom stereocenters. The van der Waals surface area contributed by atoms with Gasteiger partial charge in [-0.3, -0.25) is 9.69 Å². The first-order valence-electron chi connectivity index (χ1n) is 4.36. The molecule has 0 saturated heterocycles. The maximum atomic E-state index is 10.2. The Morgan fingerprint density at radius 2 is 1.79 bits per heavy atom. The van der Waals surface area contributed by atoms with Crippen molar-refractivity contribution in [3.63, 3.8) is 0 Å². The van der Waals surface area contributed by atoms with E-state index in [4.69, 9.17) is 5.11 Å². The Bertz CT molecular complexity index is 173. The molecular formula is C10H18ClNO2. The van der Waals surface area contributed by atoms with Crippen LogP contribution in [0.25, 0.3) is 0 Å². The Morgan fingerprint density at radius 3 is 2.14 bits per heavy atom. The van der Waals surface area contributed by atoms with E-state index in [1.807, 2.05) is 12.2 Å². The van der Waals surface area contributed by atoms with Crippen molar-refractivity contribution >= 4 is 18.4 Å². The highest BCUT2D eigenvalue weighted by Gasteiger charge is 2.02. The Hall–Kier alpha value is -0.800. The van der Waals surface area contributed by atoms with E-state index in [0.29, 0.717) is 6.42 Å². The van der Waals surface area contributed by atoms with Gasteiger partial charge in [0.2, 0.25) is 0 Å². The predicted molar refractivity (Wildman–Crippen MR) is 61.0 cm³/mol. The molecule has 0 aromatic rings. The molecule has 0 saturated carbocycles. The summed E-state index contributed by atoms with van der Waals surface area (Å²) in [4.78, 5) is 12.3. The molecule has 0 aliphatic carbocycles. The lowest BCUT2D eigenvalue weighted by molar-refractivity contribution is -0.137. The molecule has 0 rings (SSSR count). The predicted octanol–water partition coefficient (Wildman–Crippen LogP) is 1.95. The maximum absolute atomic E-state index is 10.2. The fourth-order valence-corrected chi connectivity index (χ4v) is 1.08. The Morgan fingerprint density at radius 1 is 1.29 bits per heavy atom. The highest BCUT2D eigenvalue weighted by atomic mass is 35.5. The smallest absolute Gasteiger partial charge is 0.303 e. The first-order valence-corrected chi connectivity index (χ1v) is 4.36. The topological polar surface area (TPSA) is 40.5 Å². The van der Waals surface area contributed by atoms with Gasteiger partial charge in [-0.15, -0.1) is 25.6 Å². The lowest BCUT2D eigenvalue weighted by Crippen LogP contribution is -2.25. The third kappa shape index (κ3) is 9.29. The van der Waals surface area contributed by atoms with Crippen LogP contribution >= 0.6 is 12.4 Å². The van der Waals surface area contributed by atoms with E-state index >= 15 is 0 Å². The van der Waals surface area contributed by atoms with Gasteiger partial charge in [-0.1, -0.05) is 12.2 Å². The second kappa shape index (κ2) is 10.3. The van der Waals surface area contributed by atoms with Crippen LogP contribution in [-0.4, -0.2) is 35.6 Å². The number of rotatable bonds is 8. The van der Waals surface area contributed by atoms with Crippen molar-refractivity contribution in [2.45, 2.75) is 12.8 Å². The molecule has 1 N–H and O–H groups in total. The van der Waals surface area contributed by atoms with E-state index in [-0.39, 0.29) is 18.8 Å². The number of carbonyl (C=O) groups is 1. The summed E-state index contributed by atoms with van der Waals surface area (Å²) in [5.41, 5.74) is 0. The van der Waals surface area contributed by atoms with Crippen LogP contribution in [0.15, 0.2) is 25.3 Å². The summed E-state index contributed by atoms with van der Waals surface area (Å²) in [5, 5.41) is 8.43. The Kier molecular flexibility index (Phi) is 11.5. The molecule has 82 valence electrons. The minimum Gasteiger partial charge on any atom is -0.481 e. The minimum absolute atomic E-state index is 0. The molecule has 0 aliphatic rings. The van der Waals surface area contributed by atoms with Crippen LogP contribution in [0.2, 0.25) is 0 Å². The van der Waals surface area contributed by atoms with Crippen molar-refractivity contribution in [3.05, 3.63) is 25.3 Å². The lowest BCUT2D eigenvalue weighted by Gasteiger charge is -2.17. The van der Waals surface area contributed by atoms with Crippen molar-refractivity contribution < 1.29 is 9.90 Å². The van der Waals surface area contributed by atoms with Crippen molar-refractivity contribution in [1.29, 1.82) is 0 Å². The summed E-state index contributed by atoms with van der Waals surface area (Å²) in [6, 6.07) is 0. The van der Waals surface area contributed by atoms with Gasteiger partial charge in [-0.25, -0.2) is 0 Å². The second-order valence-electron chi connectivity index (χ2n) is 2.83. The van der Waals surface area contributed by atoms with Gasteiger partial charge < -0.3 is 5.11 Å². The van der Waals surface area contributed by atoms with Gasteiger partial charge in [0.1, 0.15) is 0 Å². The van der Waals surface area contributed by atoms with Crippen molar-refractivity contribution in [1.82, 2.24) is 4.90 Å². The van der Waals surface area contributed by atoms with Gasteiger partial charge in [-0.2, -0.15) is 0 Å². The first-order chi connectivity index (χ1) is 6.20. The minimum atomic E-state index is -0.739. The van der Waals surface area contributed by atoms with E-state index in [9.17, 15) is 4.79 Å². The van der Waals surface area contributed by atoms with Crippen molar-refractivity contribution in [3.8, 4) is 0 Å². The first kappa shape index (κ1) is 15.7. The molecule has 3 nitrogen and oxygen atoms in total. The lowest BCUT2D eigenvalue weighted by atomic mass is 10.3. The molecule has 0 aromatic heterocycles. The van der Waals surface area contributed by atoms with Gasteiger partial charge in [-0.05, 0) is 13.0 Å². The summed E-state index contributed by atoms with van der Waals surface area (Å²) in [7, 11) is 0. The van der Waals surface area contributed by atoms with Gasteiger partial charge in [0.25, 0.3) is 0 Å². The molecule has 0 spiro atoms. The van der Waals surface area contributed by atoms with Crippen molar-refractivity contribution in [2.75, 3.05) is 19.6 Å². The van der Waals surface area contributed by atoms with E-state index in [2.05, 4.69) is 18.1 Å². The molecule has 0 aromatic carbocycles. The molecule has 0 amide bonds. The fraction of sp³-hybridized carbons (Fsp3) is 0.500. The zero-order chi connectivity index (χ0) is 10.1. The van der Waals surface area contributed by atoms with Crippen LogP contribution in [-0.2, 0) is 4.79 Å². The zero-order valence-electron chi connectivity index (χ0n) is 8.32. The second-order valence-corrected chi connectivity index (χ2v) is 2.83. The van der Waals surface area contributed by atoms with E-state index in [1.165, 1.54) is 0 Å². The van der Waals surface area contributed by atoms with Gasteiger partial charge in [0, 0.05) is 19.5 Å². The summed E-state index contributed by atoms with van der Waals surface area (Å²) in [6.07, 6.45) is 4.52. The van der Waals surface area contributed by atoms with E-state index in [0.717, 1.165) is 19.6 Å². The van der Waals surface area contributed by atoms with Crippen LogP contribution in [0.4, 0.5) is 0 Å². The molecule has 0 radical (unpaired) electrons. The largest absolute Gasteiger partial charge is 0.481 e. The Labute approximate surface area is 91.5 Å². The third-order valence-corrected chi connectivity index (χ3v) is 1.64. The number of hydrogen-bond donors (Lipinski definition) is 1. The standard InChI is InChI=1S/C10H17NO2.ClH/c1-3-7-11(8-4-2)9-5-6-10(12)13;/h3-4H,1-2,5-9H2,(H,12,13);1H. The van der Waals surface area contributed by atoms with Crippen LogP contribution in [0.3, 0.4) is 0 Å². The van der Waals surface area contributed by atoms with Crippen LogP contribution < -0.4 is 0 Å². The highest BCUT2D eigenvalue weighted by molar-refractivity contribution is 5.85. The van der Waals surface area contributed by atoms with Crippen LogP contribution in [0, 0.1) is 0 Å². The van der Waals surface area contributed by atoms with Crippen LogP contribution in [0.5, 0.6) is 0 Å². The highest BCUT2D eigenvalue weighted by Crippen LogP contribution is 1.95. The molecule has 14 heavy (non-hydrogen) atoms. The Balaban J connectivity index is 0. The van der Waals surface area contributed by atoms with E-state index in [1.54, 1.807) is 0 Å². The quantitative estimate of drug-likeness (QED) is 0.635. The van der Waals surface area contributed by atoms with Crippen molar-refractivity contribution in [2.24, 2.45) is 0 Å². The van der Waals surface area contributed by atoms with Crippen LogP contribution in [0.1, 0.15) is 12.8 Å². The fourth-order valence-electron chi connectivity index (χ4n) is 1.08. The normalized spacial score (nSPS) is 9.21. The van der Waals surface area contributed by atoms with E-state index < -0.39 is 5.97 Å². The molecule has 0 bridgehead atoms. The third-order valence-electron chi connectivity index (χ3n) is 1.64. The van der Waals surface area contributed by atoms with Gasteiger partial charge >= 0.3 is 5.97 Å². The summed E-state index contributed by atoms with van der Waals surface area (Å²) in [6.45, 7) is 9.62. The molecule has 0 fully saturated rings. The maximum Gasteiger partial charge on any atom is 0.303 e. The molecule has 0 unspecified atom stereocenters. The molecule has 0 aliphatic heterocycles. The zero-order valence-corrected chi connectivity index (χ0v) is 9.13. The van der Waals surface area contributed by atoms with Gasteiger partial charge in [0.15, 0.2) is 0 Å².